The normalized spacial score (nSPS) is 10.7. The molecule has 0 unspecified atom stereocenters. The molecule has 0 fully saturated rings. The predicted molar refractivity (Wildman–Crippen MR) is 76.4 cm³/mol. The molecular weight excluding hydrogens is 246 g/mol. The van der Waals surface area contributed by atoms with Crippen LogP contribution in [0.4, 0.5) is 0 Å². The van der Waals surface area contributed by atoms with Gasteiger partial charge >= 0.3 is 0 Å². The maximum Gasteiger partial charge on any atom is 0.184 e. The highest BCUT2D eigenvalue weighted by Crippen LogP contribution is 2.21. The van der Waals surface area contributed by atoms with Crippen LogP contribution in [0.15, 0.2) is 45.9 Å². The summed E-state index contributed by atoms with van der Waals surface area (Å²) in [7, 11) is 0. The van der Waals surface area contributed by atoms with Crippen molar-refractivity contribution >= 4 is 23.5 Å². The molecule has 5 heteroatoms. The first kappa shape index (κ1) is 12.3. The molecule has 0 atom stereocenters. The van der Waals surface area contributed by atoms with Crippen LogP contribution in [-0.4, -0.2) is 11.3 Å². The molecule has 1 aromatic heterocycles. The van der Waals surface area contributed by atoms with E-state index in [2.05, 4.69) is 22.7 Å². The molecule has 1 aromatic carbocycles. The molecule has 0 saturated heterocycles. The van der Waals surface area contributed by atoms with Gasteiger partial charge in [-0.2, -0.15) is 5.10 Å². The van der Waals surface area contributed by atoms with Gasteiger partial charge in [-0.3, -0.25) is 5.43 Å². The first-order valence-electron chi connectivity index (χ1n) is 5.40. The van der Waals surface area contributed by atoms with Crippen molar-refractivity contribution in [3.8, 4) is 11.3 Å². The fourth-order valence-electron chi connectivity index (χ4n) is 1.49. The van der Waals surface area contributed by atoms with Crippen molar-refractivity contribution in [1.82, 2.24) is 5.43 Å². The van der Waals surface area contributed by atoms with E-state index in [-0.39, 0.29) is 5.11 Å². The number of benzene rings is 1. The molecule has 18 heavy (non-hydrogen) atoms. The summed E-state index contributed by atoms with van der Waals surface area (Å²) in [5, 5.41) is 4.03. The van der Waals surface area contributed by atoms with Gasteiger partial charge in [0.1, 0.15) is 11.5 Å². The van der Waals surface area contributed by atoms with Gasteiger partial charge in [0.25, 0.3) is 0 Å². The van der Waals surface area contributed by atoms with Crippen LogP contribution < -0.4 is 11.2 Å². The van der Waals surface area contributed by atoms with E-state index in [9.17, 15) is 0 Å². The first-order chi connectivity index (χ1) is 8.65. The zero-order valence-corrected chi connectivity index (χ0v) is 10.7. The summed E-state index contributed by atoms with van der Waals surface area (Å²) in [4.78, 5) is 0. The third kappa shape index (κ3) is 3.18. The van der Waals surface area contributed by atoms with E-state index in [1.165, 1.54) is 0 Å². The van der Waals surface area contributed by atoms with Crippen LogP contribution in [0.25, 0.3) is 11.3 Å². The minimum atomic E-state index is 0.147. The van der Waals surface area contributed by atoms with Crippen LogP contribution in [0.2, 0.25) is 0 Å². The van der Waals surface area contributed by atoms with E-state index in [1.54, 1.807) is 6.21 Å². The van der Waals surface area contributed by atoms with Gasteiger partial charge in [0.05, 0.1) is 6.21 Å². The molecule has 92 valence electrons. The lowest BCUT2D eigenvalue weighted by atomic mass is 10.1. The Bertz CT molecular complexity index is 572. The quantitative estimate of drug-likeness (QED) is 0.505. The predicted octanol–water partition coefficient (Wildman–Crippen LogP) is 2.42. The SMILES string of the molecule is Cc1ccc(-c2ccc(C=NNC(N)=S)cc2)o1. The zero-order chi connectivity index (χ0) is 13.0. The Morgan fingerprint density at radius 3 is 2.56 bits per heavy atom. The Balaban J connectivity index is 2.10. The second-order valence-electron chi connectivity index (χ2n) is 3.77. The maximum atomic E-state index is 5.54. The molecule has 0 aliphatic rings. The number of furan rings is 1. The smallest absolute Gasteiger partial charge is 0.184 e. The Morgan fingerprint density at radius 2 is 2.00 bits per heavy atom. The number of rotatable bonds is 3. The van der Waals surface area contributed by atoms with Gasteiger partial charge in [0.2, 0.25) is 0 Å². The molecular formula is C13H13N3OS. The van der Waals surface area contributed by atoms with Crippen molar-refractivity contribution in [2.45, 2.75) is 6.92 Å². The fraction of sp³-hybridized carbons (Fsp3) is 0.0769. The number of aryl methyl sites for hydroxylation is 1. The van der Waals surface area contributed by atoms with E-state index in [0.717, 1.165) is 22.6 Å². The minimum Gasteiger partial charge on any atom is -0.461 e. The molecule has 2 rings (SSSR count). The van der Waals surface area contributed by atoms with Crippen LogP contribution in [-0.2, 0) is 0 Å². The van der Waals surface area contributed by atoms with Crippen molar-refractivity contribution < 1.29 is 4.42 Å². The van der Waals surface area contributed by atoms with Crippen molar-refractivity contribution in [1.29, 1.82) is 0 Å². The first-order valence-corrected chi connectivity index (χ1v) is 5.81. The van der Waals surface area contributed by atoms with E-state index >= 15 is 0 Å². The average Bonchev–Trinajstić information content (AvgIpc) is 2.76. The second kappa shape index (κ2) is 5.46. The Kier molecular flexibility index (Phi) is 3.74. The third-order valence-electron chi connectivity index (χ3n) is 2.32. The topological polar surface area (TPSA) is 63.5 Å². The van der Waals surface area contributed by atoms with Gasteiger partial charge in [0, 0.05) is 5.56 Å². The molecule has 0 aliphatic carbocycles. The summed E-state index contributed by atoms with van der Waals surface area (Å²) < 4.78 is 5.54. The summed E-state index contributed by atoms with van der Waals surface area (Å²) in [6.07, 6.45) is 1.65. The van der Waals surface area contributed by atoms with Gasteiger partial charge in [-0.05, 0) is 36.8 Å². The van der Waals surface area contributed by atoms with Gasteiger partial charge in [0.15, 0.2) is 5.11 Å². The molecule has 0 amide bonds. The lowest BCUT2D eigenvalue weighted by molar-refractivity contribution is 0.548. The van der Waals surface area contributed by atoms with Gasteiger partial charge < -0.3 is 10.2 Å². The molecule has 4 nitrogen and oxygen atoms in total. The number of hydrazone groups is 1. The number of nitrogens with zero attached hydrogens (tertiary/aromatic N) is 1. The third-order valence-corrected chi connectivity index (χ3v) is 2.42. The standard InChI is InChI=1S/C13H13N3OS/c1-9-2-7-12(17-9)11-5-3-10(4-6-11)8-15-16-13(14)18/h2-8H,1H3,(H3,14,16,18). The maximum absolute atomic E-state index is 5.54. The molecule has 1 heterocycles. The minimum absolute atomic E-state index is 0.147. The molecule has 0 spiro atoms. The lowest BCUT2D eigenvalue weighted by Crippen LogP contribution is -2.23. The monoisotopic (exact) mass is 259 g/mol. The highest BCUT2D eigenvalue weighted by Gasteiger charge is 2.01. The largest absolute Gasteiger partial charge is 0.461 e. The Hall–Kier alpha value is -2.14. The summed E-state index contributed by atoms with van der Waals surface area (Å²) in [5.41, 5.74) is 9.74. The number of nitrogens with one attached hydrogen (secondary N) is 1. The number of thiocarbonyl (C=S) groups is 1. The van der Waals surface area contributed by atoms with Crippen LogP contribution in [0.1, 0.15) is 11.3 Å². The van der Waals surface area contributed by atoms with Crippen molar-refractivity contribution in [3.63, 3.8) is 0 Å². The molecule has 0 radical (unpaired) electrons. The fourth-order valence-corrected chi connectivity index (χ4v) is 1.55. The van der Waals surface area contributed by atoms with E-state index in [0.29, 0.717) is 0 Å². The van der Waals surface area contributed by atoms with Gasteiger partial charge in [-0.1, -0.05) is 24.3 Å². The van der Waals surface area contributed by atoms with Crippen LogP contribution in [0.3, 0.4) is 0 Å². The van der Waals surface area contributed by atoms with E-state index in [4.69, 9.17) is 10.2 Å². The Labute approximate surface area is 110 Å². The van der Waals surface area contributed by atoms with Crippen LogP contribution >= 0.6 is 12.2 Å². The molecule has 0 saturated carbocycles. The van der Waals surface area contributed by atoms with Crippen molar-refractivity contribution in [3.05, 3.63) is 47.7 Å². The molecule has 0 bridgehead atoms. The summed E-state index contributed by atoms with van der Waals surface area (Å²) in [6, 6.07) is 11.7. The molecule has 2 aromatic rings. The van der Waals surface area contributed by atoms with Gasteiger partial charge in [-0.15, -0.1) is 0 Å². The zero-order valence-electron chi connectivity index (χ0n) is 9.88. The van der Waals surface area contributed by atoms with Crippen LogP contribution in [0.5, 0.6) is 0 Å². The van der Waals surface area contributed by atoms with Crippen molar-refractivity contribution in [2.24, 2.45) is 10.8 Å². The van der Waals surface area contributed by atoms with E-state index < -0.39 is 0 Å². The number of hydrogen-bond acceptors (Lipinski definition) is 3. The van der Waals surface area contributed by atoms with Crippen LogP contribution in [0, 0.1) is 6.92 Å². The van der Waals surface area contributed by atoms with Crippen molar-refractivity contribution in [2.75, 3.05) is 0 Å². The highest BCUT2D eigenvalue weighted by molar-refractivity contribution is 7.80. The second-order valence-corrected chi connectivity index (χ2v) is 4.21. The highest BCUT2D eigenvalue weighted by atomic mass is 32.1. The number of nitrogens with two attached hydrogens (primary N) is 1. The molecule has 3 N–H and O–H groups in total. The Morgan fingerprint density at radius 1 is 1.28 bits per heavy atom. The summed E-state index contributed by atoms with van der Waals surface area (Å²) >= 11 is 4.64. The number of hydrogen-bond donors (Lipinski definition) is 2. The molecule has 0 aliphatic heterocycles. The lowest BCUT2D eigenvalue weighted by Gasteiger charge is -1.98. The summed E-state index contributed by atoms with van der Waals surface area (Å²) in [5.74, 6) is 1.76. The van der Waals surface area contributed by atoms with Gasteiger partial charge in [-0.25, -0.2) is 0 Å². The van der Waals surface area contributed by atoms with E-state index in [1.807, 2.05) is 43.3 Å². The summed E-state index contributed by atoms with van der Waals surface area (Å²) in [6.45, 7) is 1.92. The average molecular weight is 259 g/mol.